The molecule has 0 saturated carbocycles. The van der Waals surface area contributed by atoms with E-state index >= 15 is 0 Å². The van der Waals surface area contributed by atoms with Gasteiger partial charge in [-0.3, -0.25) is 9.59 Å². The van der Waals surface area contributed by atoms with Crippen molar-refractivity contribution in [3.05, 3.63) is 0 Å². The van der Waals surface area contributed by atoms with Crippen molar-refractivity contribution in [2.45, 2.75) is 131 Å². The van der Waals surface area contributed by atoms with Crippen LogP contribution in [0, 0.1) is 11.8 Å². The predicted octanol–water partition coefficient (Wildman–Crippen LogP) is 7.00. The van der Waals surface area contributed by atoms with Crippen molar-refractivity contribution in [1.29, 1.82) is 0 Å². The SMILES string of the molecule is CCCOCC(CC(C)C(=O)OCCC[Si](C)(C)O[Si](C)(C)CCCOC(=O)C(C)CC(COCCC)OCC)OCC. The molecule has 0 rings (SSSR count). The predicted molar refractivity (Wildman–Crippen MR) is 177 cm³/mol. The number of rotatable bonds is 28. The van der Waals surface area contributed by atoms with E-state index in [0.717, 1.165) is 37.8 Å². The van der Waals surface area contributed by atoms with Crippen LogP contribution in [-0.2, 0) is 42.1 Å². The van der Waals surface area contributed by atoms with Gasteiger partial charge in [0.1, 0.15) is 0 Å². The van der Waals surface area contributed by atoms with Gasteiger partial charge in [-0.05, 0) is 90.6 Å². The summed E-state index contributed by atoms with van der Waals surface area (Å²) < 4.78 is 40.7. The van der Waals surface area contributed by atoms with E-state index in [2.05, 4.69) is 40.0 Å². The van der Waals surface area contributed by atoms with Crippen LogP contribution in [0.25, 0.3) is 0 Å². The second-order valence-corrected chi connectivity index (χ2v) is 21.6. The average molecular weight is 651 g/mol. The first-order valence-electron chi connectivity index (χ1n) is 16.7. The third kappa shape index (κ3) is 22.3. The first-order chi connectivity index (χ1) is 20.3. The molecule has 0 saturated heterocycles. The smallest absolute Gasteiger partial charge is 0.308 e. The molecular formula is C32H66O9Si2. The minimum Gasteiger partial charge on any atom is -0.465 e. The molecular weight excluding hydrogens is 585 g/mol. The van der Waals surface area contributed by atoms with Crippen molar-refractivity contribution in [3.8, 4) is 0 Å². The zero-order valence-electron chi connectivity index (χ0n) is 29.3. The molecule has 0 amide bonds. The van der Waals surface area contributed by atoms with Crippen LogP contribution in [0.15, 0.2) is 0 Å². The second-order valence-electron chi connectivity index (χ2n) is 12.7. The van der Waals surface area contributed by atoms with E-state index in [4.69, 9.17) is 32.5 Å². The lowest BCUT2D eigenvalue weighted by atomic mass is 10.0. The molecule has 0 aliphatic carbocycles. The summed E-state index contributed by atoms with van der Waals surface area (Å²) in [5.74, 6) is -0.843. The average Bonchev–Trinajstić information content (AvgIpc) is 2.93. The minimum atomic E-state index is -1.93. The first kappa shape index (κ1) is 42.2. The molecule has 0 fully saturated rings. The van der Waals surface area contributed by atoms with Gasteiger partial charge in [0.15, 0.2) is 16.6 Å². The van der Waals surface area contributed by atoms with Gasteiger partial charge in [0.05, 0.1) is 50.5 Å². The Morgan fingerprint density at radius 1 is 0.605 bits per heavy atom. The number of ether oxygens (including phenoxy) is 6. The number of carbonyl (C=O) groups excluding carboxylic acids is 2. The Balaban J connectivity index is 4.40. The van der Waals surface area contributed by atoms with E-state index in [9.17, 15) is 9.59 Å². The fraction of sp³-hybridized carbons (Fsp3) is 0.938. The van der Waals surface area contributed by atoms with Crippen LogP contribution in [0.3, 0.4) is 0 Å². The highest BCUT2D eigenvalue weighted by Gasteiger charge is 2.33. The molecule has 43 heavy (non-hydrogen) atoms. The van der Waals surface area contributed by atoms with Crippen LogP contribution in [0.2, 0.25) is 38.3 Å². The molecule has 0 bridgehead atoms. The van der Waals surface area contributed by atoms with E-state index in [1.165, 1.54) is 0 Å². The minimum absolute atomic E-state index is 0.0962. The van der Waals surface area contributed by atoms with Gasteiger partial charge in [0, 0.05) is 26.4 Å². The Kier molecular flexibility index (Phi) is 23.9. The van der Waals surface area contributed by atoms with E-state index in [1.807, 2.05) is 27.7 Å². The lowest BCUT2D eigenvalue weighted by molar-refractivity contribution is -0.150. The standard InChI is InChI=1S/C32H66O9Si2/c1-11-17-35-25-29(37-13-3)23-27(5)31(33)39-19-15-21-42(7,8)41-43(9,10)22-16-20-40-32(34)28(6)24-30(38-14-4)26-36-18-12-2/h27-30H,11-26H2,1-10H3. The maximum absolute atomic E-state index is 12.6. The van der Waals surface area contributed by atoms with E-state index in [-0.39, 0.29) is 36.0 Å². The molecule has 0 heterocycles. The van der Waals surface area contributed by atoms with E-state index in [1.54, 1.807) is 0 Å². The van der Waals surface area contributed by atoms with Crippen LogP contribution in [0.1, 0.15) is 80.1 Å². The second kappa shape index (κ2) is 24.4. The van der Waals surface area contributed by atoms with Gasteiger partial charge in [-0.15, -0.1) is 0 Å². The lowest BCUT2D eigenvalue weighted by Gasteiger charge is -2.34. The Labute approximate surface area is 265 Å². The molecule has 4 unspecified atom stereocenters. The highest BCUT2D eigenvalue weighted by Crippen LogP contribution is 2.24. The van der Waals surface area contributed by atoms with Crippen molar-refractivity contribution in [1.82, 2.24) is 0 Å². The van der Waals surface area contributed by atoms with Crippen LogP contribution in [0.4, 0.5) is 0 Å². The van der Waals surface area contributed by atoms with Crippen molar-refractivity contribution >= 4 is 28.6 Å². The number of esters is 2. The van der Waals surface area contributed by atoms with Gasteiger partial charge in [0.25, 0.3) is 0 Å². The third-order valence-electron chi connectivity index (χ3n) is 7.03. The van der Waals surface area contributed by atoms with Gasteiger partial charge >= 0.3 is 11.9 Å². The zero-order chi connectivity index (χ0) is 32.7. The topological polar surface area (TPSA) is 98.8 Å². The van der Waals surface area contributed by atoms with Gasteiger partial charge in [-0.2, -0.15) is 0 Å². The summed E-state index contributed by atoms with van der Waals surface area (Å²) in [6, 6.07) is 1.85. The van der Waals surface area contributed by atoms with Gasteiger partial charge < -0.3 is 32.5 Å². The quantitative estimate of drug-likeness (QED) is 0.0504. The largest absolute Gasteiger partial charge is 0.465 e. The molecule has 0 aliphatic rings. The number of hydrogen-bond donors (Lipinski definition) is 0. The molecule has 0 aliphatic heterocycles. The van der Waals surface area contributed by atoms with Crippen molar-refractivity contribution in [2.75, 3.05) is 52.9 Å². The monoisotopic (exact) mass is 650 g/mol. The molecule has 4 atom stereocenters. The molecule has 11 heteroatoms. The van der Waals surface area contributed by atoms with Crippen LogP contribution in [-0.4, -0.2) is 93.6 Å². The third-order valence-corrected chi connectivity index (χ3v) is 14.6. The maximum atomic E-state index is 12.6. The summed E-state index contributed by atoms with van der Waals surface area (Å²) in [5, 5.41) is 0. The molecule has 0 radical (unpaired) electrons. The normalized spacial score (nSPS) is 15.1. The van der Waals surface area contributed by atoms with Crippen LogP contribution >= 0.6 is 0 Å². The van der Waals surface area contributed by atoms with Crippen LogP contribution < -0.4 is 0 Å². The Hall–Kier alpha value is -0.826. The lowest BCUT2D eigenvalue weighted by Crippen LogP contribution is -2.44. The Bertz CT molecular complexity index is 663. The summed E-state index contributed by atoms with van der Waals surface area (Å²) in [5.41, 5.74) is 0. The number of carbonyl (C=O) groups is 2. The van der Waals surface area contributed by atoms with Crippen molar-refractivity contribution in [2.24, 2.45) is 11.8 Å². The fourth-order valence-corrected chi connectivity index (χ4v) is 13.8. The van der Waals surface area contributed by atoms with Crippen LogP contribution in [0.5, 0.6) is 0 Å². The summed E-state index contributed by atoms with van der Waals surface area (Å²) in [4.78, 5) is 25.1. The molecule has 9 nitrogen and oxygen atoms in total. The van der Waals surface area contributed by atoms with E-state index < -0.39 is 16.6 Å². The Morgan fingerprint density at radius 2 is 0.977 bits per heavy atom. The van der Waals surface area contributed by atoms with Crippen molar-refractivity contribution < 1.29 is 42.1 Å². The number of hydrogen-bond acceptors (Lipinski definition) is 9. The highest BCUT2D eigenvalue weighted by molar-refractivity contribution is 6.84. The summed E-state index contributed by atoms with van der Waals surface area (Å²) in [6.07, 6.45) is 4.49. The first-order valence-corrected chi connectivity index (χ1v) is 23.0. The van der Waals surface area contributed by atoms with E-state index in [0.29, 0.717) is 65.7 Å². The molecule has 0 N–H and O–H groups in total. The molecule has 0 aromatic carbocycles. The molecule has 256 valence electrons. The molecule has 0 aromatic rings. The zero-order valence-corrected chi connectivity index (χ0v) is 31.3. The fourth-order valence-electron chi connectivity index (χ4n) is 5.01. The van der Waals surface area contributed by atoms with Crippen molar-refractivity contribution in [3.63, 3.8) is 0 Å². The Morgan fingerprint density at radius 3 is 1.30 bits per heavy atom. The summed E-state index contributed by atoms with van der Waals surface area (Å²) >= 11 is 0. The van der Waals surface area contributed by atoms with Gasteiger partial charge in [-0.25, -0.2) is 0 Å². The van der Waals surface area contributed by atoms with Gasteiger partial charge in [0.2, 0.25) is 0 Å². The molecule has 0 spiro atoms. The summed E-state index contributed by atoms with van der Waals surface area (Å²) in [6.45, 7) is 25.2. The maximum Gasteiger partial charge on any atom is 0.308 e. The van der Waals surface area contributed by atoms with Gasteiger partial charge in [-0.1, -0.05) is 27.7 Å². The highest BCUT2D eigenvalue weighted by atomic mass is 28.4. The molecule has 0 aromatic heterocycles. The summed E-state index contributed by atoms with van der Waals surface area (Å²) in [7, 11) is -3.87.